The number of aryl methyl sites for hydroxylation is 2. The van der Waals surface area contributed by atoms with E-state index < -0.39 is 0 Å². The third-order valence-corrected chi connectivity index (χ3v) is 6.92. The molecule has 29 heavy (non-hydrogen) atoms. The predicted octanol–water partition coefficient (Wildman–Crippen LogP) is 4.14. The van der Waals surface area contributed by atoms with Crippen LogP contribution < -0.4 is 0 Å². The molecule has 1 atom stereocenters. The lowest BCUT2D eigenvalue weighted by molar-refractivity contribution is 0.0741. The first-order chi connectivity index (χ1) is 14.0. The quantitative estimate of drug-likeness (QED) is 0.633. The number of carbonyl (C=O) groups is 1. The molecule has 1 aliphatic heterocycles. The highest BCUT2D eigenvalue weighted by Gasteiger charge is 2.28. The summed E-state index contributed by atoms with van der Waals surface area (Å²) in [5, 5.41) is 6.09. The molecule has 1 unspecified atom stereocenters. The highest BCUT2D eigenvalue weighted by atomic mass is 32.1. The Kier molecular flexibility index (Phi) is 5.52. The lowest BCUT2D eigenvalue weighted by Gasteiger charge is -2.29. The number of hydrogen-bond donors (Lipinski definition) is 0. The Morgan fingerprint density at radius 3 is 2.79 bits per heavy atom. The van der Waals surface area contributed by atoms with E-state index >= 15 is 0 Å². The molecular weight excluding hydrogens is 384 g/mol. The summed E-state index contributed by atoms with van der Waals surface area (Å²) in [6.07, 6.45) is 4.43. The Morgan fingerprint density at radius 2 is 2.10 bits per heavy atom. The zero-order valence-corrected chi connectivity index (χ0v) is 18.1. The monoisotopic (exact) mass is 410 g/mol. The maximum absolute atomic E-state index is 13.2. The molecule has 0 radical (unpaired) electrons. The molecule has 1 aliphatic rings. The molecule has 0 bridgehead atoms. The molecule has 0 saturated heterocycles. The van der Waals surface area contributed by atoms with Gasteiger partial charge < -0.3 is 9.42 Å². The highest BCUT2D eigenvalue weighted by Crippen LogP contribution is 2.32. The Bertz CT molecular complexity index is 992. The van der Waals surface area contributed by atoms with Gasteiger partial charge >= 0.3 is 0 Å². The lowest BCUT2D eigenvalue weighted by Crippen LogP contribution is -2.33. The molecule has 0 aliphatic carbocycles. The number of aromatic nitrogens is 2. The second-order valence-corrected chi connectivity index (χ2v) is 8.65. The number of rotatable bonds is 5. The SMILES string of the molecule is Cc1noc(C)c1CN1CCc2c(C(=O)N(C)C(C)c3ccncc3)csc2C1. The van der Waals surface area contributed by atoms with E-state index in [2.05, 4.69) is 22.0 Å². The van der Waals surface area contributed by atoms with Crippen molar-refractivity contribution >= 4 is 17.2 Å². The number of fused-ring (bicyclic) bond motifs is 1. The summed E-state index contributed by atoms with van der Waals surface area (Å²) in [4.78, 5) is 22.8. The van der Waals surface area contributed by atoms with Gasteiger partial charge in [0.05, 0.1) is 17.3 Å². The molecule has 4 rings (SSSR count). The molecular formula is C22H26N4O2S. The van der Waals surface area contributed by atoms with E-state index in [0.717, 1.165) is 48.6 Å². The number of carbonyl (C=O) groups excluding carboxylic acids is 1. The molecule has 7 heteroatoms. The van der Waals surface area contributed by atoms with Gasteiger partial charge in [0.15, 0.2) is 0 Å². The van der Waals surface area contributed by atoms with Gasteiger partial charge in [-0.2, -0.15) is 0 Å². The first-order valence-electron chi connectivity index (χ1n) is 9.86. The third kappa shape index (κ3) is 3.84. The number of thiophene rings is 1. The Balaban J connectivity index is 1.48. The predicted molar refractivity (Wildman–Crippen MR) is 113 cm³/mol. The topological polar surface area (TPSA) is 62.5 Å². The van der Waals surface area contributed by atoms with Gasteiger partial charge in [0.2, 0.25) is 0 Å². The van der Waals surface area contributed by atoms with Crippen LogP contribution in [0.5, 0.6) is 0 Å². The largest absolute Gasteiger partial charge is 0.361 e. The second kappa shape index (κ2) is 8.08. The molecule has 0 N–H and O–H groups in total. The standard InChI is InChI=1S/C22H26N4O2S/c1-14-19(16(3)28-24-14)11-26-10-7-18-20(13-29-21(18)12-26)22(27)25(4)15(2)17-5-8-23-9-6-17/h5-6,8-9,13,15H,7,10-12H2,1-4H3. The van der Waals surface area contributed by atoms with E-state index in [9.17, 15) is 4.79 Å². The molecule has 1 amide bonds. The Morgan fingerprint density at radius 1 is 1.34 bits per heavy atom. The van der Waals surface area contributed by atoms with Crippen LogP contribution in [0.3, 0.4) is 0 Å². The molecule has 4 heterocycles. The van der Waals surface area contributed by atoms with Gasteiger partial charge in [-0.25, -0.2) is 0 Å². The maximum Gasteiger partial charge on any atom is 0.255 e. The third-order valence-electron chi connectivity index (χ3n) is 5.91. The van der Waals surface area contributed by atoms with Crippen molar-refractivity contribution in [2.24, 2.45) is 0 Å². The van der Waals surface area contributed by atoms with E-state index in [1.165, 1.54) is 16.0 Å². The molecule has 0 saturated carbocycles. The van der Waals surface area contributed by atoms with Crippen molar-refractivity contribution in [1.29, 1.82) is 0 Å². The van der Waals surface area contributed by atoms with Gasteiger partial charge in [-0.1, -0.05) is 5.16 Å². The summed E-state index contributed by atoms with van der Waals surface area (Å²) in [6.45, 7) is 8.63. The van der Waals surface area contributed by atoms with Crippen LogP contribution in [0.25, 0.3) is 0 Å². The fraction of sp³-hybridized carbons (Fsp3) is 0.409. The molecule has 152 valence electrons. The minimum absolute atomic E-state index is 0.000630. The van der Waals surface area contributed by atoms with Crippen LogP contribution in [0.15, 0.2) is 34.4 Å². The van der Waals surface area contributed by atoms with Crippen molar-refractivity contribution < 1.29 is 9.32 Å². The second-order valence-electron chi connectivity index (χ2n) is 7.69. The van der Waals surface area contributed by atoms with Crippen molar-refractivity contribution in [1.82, 2.24) is 19.9 Å². The van der Waals surface area contributed by atoms with Crippen molar-refractivity contribution in [3.63, 3.8) is 0 Å². The molecule has 6 nitrogen and oxygen atoms in total. The van der Waals surface area contributed by atoms with Gasteiger partial charge in [-0.05, 0) is 50.5 Å². The molecule has 0 aromatic carbocycles. The van der Waals surface area contributed by atoms with E-state index in [-0.39, 0.29) is 11.9 Å². The van der Waals surface area contributed by atoms with E-state index in [1.54, 1.807) is 23.7 Å². The molecule has 3 aromatic rings. The summed E-state index contributed by atoms with van der Waals surface area (Å²) >= 11 is 1.69. The van der Waals surface area contributed by atoms with Crippen LogP contribution in [-0.2, 0) is 19.5 Å². The van der Waals surface area contributed by atoms with Crippen LogP contribution in [0.4, 0.5) is 0 Å². The lowest BCUT2D eigenvalue weighted by atomic mass is 10.0. The zero-order valence-electron chi connectivity index (χ0n) is 17.3. The van der Waals surface area contributed by atoms with Gasteiger partial charge in [-0.15, -0.1) is 11.3 Å². The van der Waals surface area contributed by atoms with Gasteiger partial charge in [-0.3, -0.25) is 14.7 Å². The summed E-state index contributed by atoms with van der Waals surface area (Å²) in [6, 6.07) is 3.93. The minimum Gasteiger partial charge on any atom is -0.361 e. The van der Waals surface area contributed by atoms with Crippen molar-refractivity contribution in [3.8, 4) is 0 Å². The molecule has 0 fully saturated rings. The highest BCUT2D eigenvalue weighted by molar-refractivity contribution is 7.10. The van der Waals surface area contributed by atoms with Crippen LogP contribution in [0.2, 0.25) is 0 Å². The molecule has 3 aromatic heterocycles. The number of pyridine rings is 1. The first kappa shape index (κ1) is 19.8. The first-order valence-corrected chi connectivity index (χ1v) is 10.7. The zero-order chi connectivity index (χ0) is 20.5. The molecule has 0 spiro atoms. The smallest absolute Gasteiger partial charge is 0.255 e. The Labute approximate surface area is 175 Å². The average molecular weight is 411 g/mol. The van der Waals surface area contributed by atoms with Crippen molar-refractivity contribution in [3.05, 3.63) is 68.5 Å². The number of amides is 1. The average Bonchev–Trinajstić information content (AvgIpc) is 3.30. The van der Waals surface area contributed by atoms with Crippen LogP contribution >= 0.6 is 11.3 Å². The van der Waals surface area contributed by atoms with E-state index in [0.29, 0.717) is 0 Å². The summed E-state index contributed by atoms with van der Waals surface area (Å²) < 4.78 is 5.30. The summed E-state index contributed by atoms with van der Waals surface area (Å²) in [5.74, 6) is 0.980. The number of nitrogens with zero attached hydrogens (tertiary/aromatic N) is 4. The fourth-order valence-corrected chi connectivity index (χ4v) is 4.99. The van der Waals surface area contributed by atoms with Crippen molar-refractivity contribution in [2.45, 2.75) is 46.3 Å². The van der Waals surface area contributed by atoms with E-state index in [4.69, 9.17) is 4.52 Å². The summed E-state index contributed by atoms with van der Waals surface area (Å²) in [7, 11) is 1.88. The minimum atomic E-state index is 0.000630. The number of hydrogen-bond acceptors (Lipinski definition) is 6. The van der Waals surface area contributed by atoms with Crippen LogP contribution in [-0.4, -0.2) is 39.4 Å². The van der Waals surface area contributed by atoms with Crippen molar-refractivity contribution in [2.75, 3.05) is 13.6 Å². The van der Waals surface area contributed by atoms with E-state index in [1.807, 2.05) is 43.3 Å². The normalized spacial score (nSPS) is 15.2. The van der Waals surface area contributed by atoms with Gasteiger partial charge in [0.25, 0.3) is 5.91 Å². The Hall–Kier alpha value is -2.51. The maximum atomic E-state index is 13.2. The fourth-order valence-electron chi connectivity index (χ4n) is 3.88. The summed E-state index contributed by atoms with van der Waals surface area (Å²) in [5.41, 5.74) is 5.29. The van der Waals surface area contributed by atoms with Crippen LogP contribution in [0, 0.1) is 13.8 Å². The van der Waals surface area contributed by atoms with Gasteiger partial charge in [0.1, 0.15) is 5.76 Å². The van der Waals surface area contributed by atoms with Crippen LogP contribution in [0.1, 0.15) is 56.3 Å². The van der Waals surface area contributed by atoms with Gasteiger partial charge in [0, 0.05) is 54.9 Å².